The fourth-order valence-corrected chi connectivity index (χ4v) is 3.55. The highest BCUT2D eigenvalue weighted by atomic mass is 16.5. The molecule has 0 radical (unpaired) electrons. The van der Waals surface area contributed by atoms with Crippen molar-refractivity contribution in [1.29, 1.82) is 0 Å². The Morgan fingerprint density at radius 1 is 1.13 bits per heavy atom. The van der Waals surface area contributed by atoms with Crippen LogP contribution in [0.4, 0.5) is 0 Å². The van der Waals surface area contributed by atoms with Crippen LogP contribution < -0.4 is 5.32 Å². The molecule has 15 heavy (non-hydrogen) atoms. The van der Waals surface area contributed by atoms with Crippen LogP contribution in [0.1, 0.15) is 6.42 Å². The van der Waals surface area contributed by atoms with E-state index in [1.165, 1.54) is 19.5 Å². The highest BCUT2D eigenvalue weighted by Crippen LogP contribution is 2.46. The molecule has 4 rings (SSSR count). The molecule has 0 aromatic rings. The van der Waals surface area contributed by atoms with Crippen LogP contribution in [0, 0.1) is 10.8 Å². The van der Waals surface area contributed by atoms with Gasteiger partial charge in [-0.05, 0) is 6.42 Å². The Kier molecular flexibility index (Phi) is 1.63. The maximum Gasteiger partial charge on any atom is 0.0691 e. The van der Waals surface area contributed by atoms with Gasteiger partial charge in [-0.15, -0.1) is 0 Å². The number of likely N-dealkylation sites (tertiary alicyclic amines) is 1. The quantitative estimate of drug-likeness (QED) is 0.642. The fourth-order valence-electron chi connectivity index (χ4n) is 3.55. The first-order valence-electron chi connectivity index (χ1n) is 5.95. The lowest BCUT2D eigenvalue weighted by Gasteiger charge is -2.63. The van der Waals surface area contributed by atoms with Gasteiger partial charge in [0.05, 0.1) is 26.0 Å². The van der Waals surface area contributed by atoms with Crippen molar-refractivity contribution in [3.63, 3.8) is 0 Å². The molecule has 0 amide bonds. The summed E-state index contributed by atoms with van der Waals surface area (Å²) >= 11 is 0. The Morgan fingerprint density at radius 3 is 2.47 bits per heavy atom. The van der Waals surface area contributed by atoms with Gasteiger partial charge in [-0.2, -0.15) is 0 Å². The van der Waals surface area contributed by atoms with Crippen molar-refractivity contribution in [2.75, 3.05) is 46.1 Å². The maximum absolute atomic E-state index is 5.55. The van der Waals surface area contributed by atoms with E-state index in [2.05, 4.69) is 10.2 Å². The normalized spacial score (nSPS) is 47.6. The van der Waals surface area contributed by atoms with Gasteiger partial charge in [-0.3, -0.25) is 4.90 Å². The Morgan fingerprint density at radius 2 is 2.00 bits per heavy atom. The highest BCUT2D eigenvalue weighted by molar-refractivity contribution is 5.10. The predicted octanol–water partition coefficient (Wildman–Crippen LogP) is -0.345. The first-order valence-corrected chi connectivity index (χ1v) is 5.95. The second-order valence-corrected chi connectivity index (χ2v) is 5.85. The standard InChI is InChI=1S/C11H18N2O2/c1-2-14-8-11(1)3-12-9(11)13-4-10(5-13)6-15-7-10/h9,12H,1-8H2. The third kappa shape index (κ3) is 1.06. The molecule has 4 heteroatoms. The smallest absolute Gasteiger partial charge is 0.0691 e. The molecule has 0 saturated carbocycles. The summed E-state index contributed by atoms with van der Waals surface area (Å²) in [6, 6.07) is 0. The van der Waals surface area contributed by atoms with Gasteiger partial charge in [0, 0.05) is 37.1 Å². The summed E-state index contributed by atoms with van der Waals surface area (Å²) in [7, 11) is 0. The van der Waals surface area contributed by atoms with Crippen LogP contribution in [0.3, 0.4) is 0 Å². The molecule has 1 N–H and O–H groups in total. The molecule has 4 fully saturated rings. The summed E-state index contributed by atoms with van der Waals surface area (Å²) < 4.78 is 10.9. The molecule has 0 aromatic heterocycles. The van der Waals surface area contributed by atoms with Gasteiger partial charge in [0.1, 0.15) is 0 Å². The fraction of sp³-hybridized carbons (Fsp3) is 1.00. The lowest BCUT2D eigenvalue weighted by molar-refractivity contribution is -0.223. The van der Waals surface area contributed by atoms with Crippen molar-refractivity contribution in [2.24, 2.45) is 10.8 Å². The van der Waals surface area contributed by atoms with Gasteiger partial charge < -0.3 is 14.8 Å². The summed E-state index contributed by atoms with van der Waals surface area (Å²) in [6.07, 6.45) is 1.83. The maximum atomic E-state index is 5.55. The van der Waals surface area contributed by atoms with Gasteiger partial charge in [-0.25, -0.2) is 0 Å². The summed E-state index contributed by atoms with van der Waals surface area (Å²) in [5.41, 5.74) is 0.990. The molecule has 84 valence electrons. The number of hydrogen-bond donors (Lipinski definition) is 1. The van der Waals surface area contributed by atoms with Crippen LogP contribution in [-0.2, 0) is 9.47 Å². The van der Waals surface area contributed by atoms with E-state index in [0.717, 1.165) is 33.0 Å². The number of nitrogens with one attached hydrogen (secondary N) is 1. The van der Waals surface area contributed by atoms with E-state index >= 15 is 0 Å². The van der Waals surface area contributed by atoms with E-state index < -0.39 is 0 Å². The van der Waals surface area contributed by atoms with E-state index in [4.69, 9.17) is 9.47 Å². The van der Waals surface area contributed by atoms with Crippen LogP contribution >= 0.6 is 0 Å². The first kappa shape index (κ1) is 8.93. The van der Waals surface area contributed by atoms with Crippen LogP contribution in [0.5, 0.6) is 0 Å². The molecule has 4 aliphatic rings. The lowest BCUT2D eigenvalue weighted by Crippen LogP contribution is -2.78. The minimum atomic E-state index is 0.451. The second-order valence-electron chi connectivity index (χ2n) is 5.85. The monoisotopic (exact) mass is 210 g/mol. The second kappa shape index (κ2) is 2.74. The number of hydrogen-bond acceptors (Lipinski definition) is 4. The SMILES string of the molecule is C1CC2(CNC2N2CC3(COC3)C2)CO1. The zero-order valence-corrected chi connectivity index (χ0v) is 9.00. The zero-order chi connectivity index (χ0) is 9.93. The molecule has 0 aromatic carbocycles. The minimum absolute atomic E-state index is 0.451. The molecule has 4 heterocycles. The molecule has 4 nitrogen and oxygen atoms in total. The average molecular weight is 210 g/mol. The molecule has 0 bridgehead atoms. The van der Waals surface area contributed by atoms with Crippen LogP contribution in [0.2, 0.25) is 0 Å². The predicted molar refractivity (Wildman–Crippen MR) is 54.5 cm³/mol. The molecule has 2 spiro atoms. The Balaban J connectivity index is 1.43. The van der Waals surface area contributed by atoms with Crippen LogP contribution in [0.25, 0.3) is 0 Å². The summed E-state index contributed by atoms with van der Waals surface area (Å²) in [4.78, 5) is 2.58. The molecule has 4 saturated heterocycles. The summed E-state index contributed by atoms with van der Waals surface area (Å²) in [5.74, 6) is 0. The number of ether oxygens (including phenoxy) is 2. The molecule has 4 aliphatic heterocycles. The van der Waals surface area contributed by atoms with Crippen molar-refractivity contribution in [2.45, 2.75) is 12.6 Å². The number of rotatable bonds is 1. The van der Waals surface area contributed by atoms with Gasteiger partial charge in [0.15, 0.2) is 0 Å². The Hall–Kier alpha value is -0.160. The van der Waals surface area contributed by atoms with Gasteiger partial charge in [-0.1, -0.05) is 0 Å². The first-order chi connectivity index (χ1) is 7.32. The van der Waals surface area contributed by atoms with Gasteiger partial charge in [0.2, 0.25) is 0 Å². The largest absolute Gasteiger partial charge is 0.381 e. The van der Waals surface area contributed by atoms with E-state index in [9.17, 15) is 0 Å². The highest BCUT2D eigenvalue weighted by Gasteiger charge is 2.58. The van der Waals surface area contributed by atoms with E-state index in [0.29, 0.717) is 17.0 Å². The third-order valence-corrected chi connectivity index (χ3v) is 4.62. The van der Waals surface area contributed by atoms with Gasteiger partial charge in [0.25, 0.3) is 0 Å². The third-order valence-electron chi connectivity index (χ3n) is 4.62. The summed E-state index contributed by atoms with van der Waals surface area (Å²) in [5, 5.41) is 3.57. The van der Waals surface area contributed by atoms with Gasteiger partial charge >= 0.3 is 0 Å². The molecule has 2 unspecified atom stereocenters. The minimum Gasteiger partial charge on any atom is -0.381 e. The van der Waals surface area contributed by atoms with E-state index in [1.54, 1.807) is 0 Å². The average Bonchev–Trinajstić information content (AvgIpc) is 2.55. The molecule has 0 aliphatic carbocycles. The van der Waals surface area contributed by atoms with Crippen molar-refractivity contribution in [3.05, 3.63) is 0 Å². The lowest BCUT2D eigenvalue weighted by atomic mass is 9.71. The Labute approximate surface area is 89.9 Å². The zero-order valence-electron chi connectivity index (χ0n) is 9.00. The van der Waals surface area contributed by atoms with Crippen molar-refractivity contribution < 1.29 is 9.47 Å². The molecular weight excluding hydrogens is 192 g/mol. The van der Waals surface area contributed by atoms with Crippen LogP contribution in [0.15, 0.2) is 0 Å². The van der Waals surface area contributed by atoms with Crippen molar-refractivity contribution >= 4 is 0 Å². The van der Waals surface area contributed by atoms with Crippen LogP contribution in [-0.4, -0.2) is 57.1 Å². The molecular formula is C11H18N2O2. The van der Waals surface area contributed by atoms with E-state index in [1.807, 2.05) is 0 Å². The van der Waals surface area contributed by atoms with Crippen molar-refractivity contribution in [1.82, 2.24) is 10.2 Å². The number of nitrogens with zero attached hydrogens (tertiary/aromatic N) is 1. The molecule has 2 atom stereocenters. The van der Waals surface area contributed by atoms with Crippen molar-refractivity contribution in [3.8, 4) is 0 Å². The Bertz CT molecular complexity index is 276. The van der Waals surface area contributed by atoms with E-state index in [-0.39, 0.29) is 0 Å². The topological polar surface area (TPSA) is 33.7 Å². The summed E-state index contributed by atoms with van der Waals surface area (Å²) in [6.45, 7) is 7.50.